The molecule has 1 aromatic carbocycles. The number of hydrogen-bond donors (Lipinski definition) is 2. The Hall–Kier alpha value is -1.92. The summed E-state index contributed by atoms with van der Waals surface area (Å²) >= 11 is 0. The van der Waals surface area contributed by atoms with Crippen LogP contribution in [0.4, 0.5) is 4.79 Å². The van der Waals surface area contributed by atoms with E-state index in [1.807, 2.05) is 0 Å². The number of nitrogens with one attached hydrogen (secondary N) is 1. The van der Waals surface area contributed by atoms with Gasteiger partial charge in [0.25, 0.3) is 0 Å². The van der Waals surface area contributed by atoms with Gasteiger partial charge in [-0.1, -0.05) is 30.3 Å². The van der Waals surface area contributed by atoms with E-state index in [-0.39, 0.29) is 5.91 Å². The molecule has 6 heteroatoms. The molecule has 3 rings (SSSR count). The Morgan fingerprint density at radius 1 is 1.04 bits per heavy atom. The minimum Gasteiger partial charge on any atom is -0.351 e. The monoisotopic (exact) mass is 344 g/mol. The van der Waals surface area contributed by atoms with Crippen molar-refractivity contribution in [2.24, 2.45) is 5.73 Å². The number of nitrogens with two attached hydrogens (primary N) is 1. The predicted molar refractivity (Wildman–Crippen MR) is 96.8 cm³/mol. The molecule has 1 aromatic rings. The van der Waals surface area contributed by atoms with E-state index < -0.39 is 6.03 Å². The zero-order chi connectivity index (χ0) is 17.6. The van der Waals surface area contributed by atoms with Crippen LogP contribution in [0, 0.1) is 0 Å². The summed E-state index contributed by atoms with van der Waals surface area (Å²) in [5.41, 5.74) is 6.37. The molecule has 2 atom stereocenters. The van der Waals surface area contributed by atoms with Gasteiger partial charge in [0.2, 0.25) is 5.91 Å². The zero-order valence-corrected chi connectivity index (χ0v) is 14.7. The lowest BCUT2D eigenvalue weighted by atomic mass is 10.0. The maximum Gasteiger partial charge on any atom is 0.318 e. The van der Waals surface area contributed by atoms with Crippen LogP contribution in [0.2, 0.25) is 0 Å². The van der Waals surface area contributed by atoms with Gasteiger partial charge in [0, 0.05) is 31.6 Å². The summed E-state index contributed by atoms with van der Waals surface area (Å²) in [7, 11) is 0. The first-order chi connectivity index (χ1) is 12.1. The Balaban J connectivity index is 1.57. The van der Waals surface area contributed by atoms with Crippen molar-refractivity contribution in [2.45, 2.75) is 50.7 Å². The molecular weight excluding hydrogens is 316 g/mol. The van der Waals surface area contributed by atoms with Gasteiger partial charge in [0.1, 0.15) is 0 Å². The summed E-state index contributed by atoms with van der Waals surface area (Å²) in [4.78, 5) is 27.5. The topological polar surface area (TPSA) is 78.7 Å². The van der Waals surface area contributed by atoms with E-state index >= 15 is 0 Å². The van der Waals surface area contributed by atoms with Gasteiger partial charge < -0.3 is 5.73 Å². The fraction of sp³-hybridized carbons (Fsp3) is 0.579. The van der Waals surface area contributed by atoms with Gasteiger partial charge >= 0.3 is 6.03 Å². The number of carbonyl (C=O) groups is 2. The average Bonchev–Trinajstić information content (AvgIpc) is 3.22. The lowest BCUT2D eigenvalue weighted by Gasteiger charge is -2.35. The summed E-state index contributed by atoms with van der Waals surface area (Å²) in [5, 5.41) is 2.16. The molecular formula is C19H28N4O2. The highest BCUT2D eigenvalue weighted by molar-refractivity contribution is 5.93. The largest absolute Gasteiger partial charge is 0.351 e. The molecule has 6 nitrogen and oxygen atoms in total. The number of amides is 3. The molecule has 2 fully saturated rings. The molecule has 3 N–H and O–H groups in total. The van der Waals surface area contributed by atoms with Gasteiger partial charge in [-0.2, -0.15) is 0 Å². The lowest BCUT2D eigenvalue weighted by molar-refractivity contribution is -0.120. The van der Waals surface area contributed by atoms with Gasteiger partial charge in [0.05, 0.1) is 0 Å². The summed E-state index contributed by atoms with van der Waals surface area (Å²) in [5.74, 6) is -0.286. The SMILES string of the molecule is NC(=O)NC(=O)CCN1CCCC1C1CCCN1Cc1ccccc1. The molecule has 0 aliphatic carbocycles. The van der Waals surface area contributed by atoms with Crippen LogP contribution in [-0.4, -0.2) is 53.5 Å². The Morgan fingerprint density at radius 3 is 2.36 bits per heavy atom. The third kappa shape index (κ3) is 4.80. The van der Waals surface area contributed by atoms with Crippen LogP contribution in [-0.2, 0) is 11.3 Å². The van der Waals surface area contributed by atoms with Crippen LogP contribution >= 0.6 is 0 Å². The smallest absolute Gasteiger partial charge is 0.318 e. The number of primary amides is 1. The summed E-state index contributed by atoms with van der Waals surface area (Å²) < 4.78 is 0. The van der Waals surface area contributed by atoms with Gasteiger partial charge in [-0.05, 0) is 44.3 Å². The van der Waals surface area contributed by atoms with Crippen LogP contribution in [0.25, 0.3) is 0 Å². The molecule has 0 saturated carbocycles. The Morgan fingerprint density at radius 2 is 1.68 bits per heavy atom. The first-order valence-corrected chi connectivity index (χ1v) is 9.25. The van der Waals surface area contributed by atoms with E-state index in [9.17, 15) is 9.59 Å². The first kappa shape index (κ1) is 17.9. The van der Waals surface area contributed by atoms with Crippen molar-refractivity contribution in [1.82, 2.24) is 15.1 Å². The number of likely N-dealkylation sites (tertiary alicyclic amines) is 2. The summed E-state index contributed by atoms with van der Waals surface area (Å²) in [6.45, 7) is 3.87. The molecule has 2 unspecified atom stereocenters. The van der Waals surface area contributed by atoms with Gasteiger partial charge in [-0.15, -0.1) is 0 Å². The number of benzene rings is 1. The molecule has 25 heavy (non-hydrogen) atoms. The van der Waals surface area contributed by atoms with E-state index in [4.69, 9.17) is 5.73 Å². The molecule has 3 amide bonds. The zero-order valence-electron chi connectivity index (χ0n) is 14.7. The van der Waals surface area contributed by atoms with E-state index in [1.54, 1.807) is 0 Å². The molecule has 2 aliphatic rings. The lowest BCUT2D eigenvalue weighted by Crippen LogP contribution is -2.47. The molecule has 0 radical (unpaired) electrons. The molecule has 0 aromatic heterocycles. The van der Waals surface area contributed by atoms with Crippen LogP contribution in [0.3, 0.4) is 0 Å². The number of rotatable bonds is 6. The van der Waals surface area contributed by atoms with Crippen molar-refractivity contribution in [2.75, 3.05) is 19.6 Å². The second kappa shape index (κ2) is 8.45. The van der Waals surface area contributed by atoms with Crippen molar-refractivity contribution in [3.8, 4) is 0 Å². The Kier molecular flexibility index (Phi) is 6.04. The minimum atomic E-state index is -0.771. The van der Waals surface area contributed by atoms with Crippen LogP contribution < -0.4 is 11.1 Å². The Bertz CT molecular complexity index is 592. The normalized spacial score (nSPS) is 24.5. The van der Waals surface area contributed by atoms with Crippen molar-refractivity contribution in [1.29, 1.82) is 0 Å². The van der Waals surface area contributed by atoms with Crippen molar-refractivity contribution in [3.63, 3.8) is 0 Å². The van der Waals surface area contributed by atoms with Crippen molar-refractivity contribution >= 4 is 11.9 Å². The molecule has 2 aliphatic heterocycles. The summed E-state index contributed by atoms with van der Waals surface area (Å²) in [6.07, 6.45) is 5.15. The fourth-order valence-electron chi connectivity index (χ4n) is 4.31. The molecule has 0 spiro atoms. The number of nitrogens with zero attached hydrogens (tertiary/aromatic N) is 2. The van der Waals surface area contributed by atoms with E-state index in [2.05, 4.69) is 45.4 Å². The number of urea groups is 1. The highest BCUT2D eigenvalue weighted by Gasteiger charge is 2.37. The predicted octanol–water partition coefficient (Wildman–Crippen LogP) is 1.70. The minimum absolute atomic E-state index is 0.286. The quantitative estimate of drug-likeness (QED) is 0.823. The molecule has 2 saturated heterocycles. The standard InChI is InChI=1S/C19H28N4O2/c20-19(25)21-18(24)10-13-22-11-4-8-16(22)17-9-5-12-23(17)14-15-6-2-1-3-7-15/h1-3,6-7,16-17H,4-5,8-14H2,(H3,20,21,24,25). The number of imide groups is 1. The second-order valence-electron chi connectivity index (χ2n) is 7.07. The van der Waals surface area contributed by atoms with E-state index in [0.29, 0.717) is 25.0 Å². The van der Waals surface area contributed by atoms with Crippen LogP contribution in [0.5, 0.6) is 0 Å². The van der Waals surface area contributed by atoms with Crippen LogP contribution in [0.1, 0.15) is 37.7 Å². The maximum atomic E-state index is 11.7. The van der Waals surface area contributed by atoms with Crippen LogP contribution in [0.15, 0.2) is 30.3 Å². The van der Waals surface area contributed by atoms with E-state index in [1.165, 1.54) is 31.2 Å². The highest BCUT2D eigenvalue weighted by atomic mass is 16.2. The van der Waals surface area contributed by atoms with Gasteiger partial charge in [0.15, 0.2) is 0 Å². The molecule has 0 bridgehead atoms. The summed E-state index contributed by atoms with van der Waals surface area (Å²) in [6, 6.07) is 10.9. The number of hydrogen-bond acceptors (Lipinski definition) is 4. The van der Waals surface area contributed by atoms with Crippen molar-refractivity contribution in [3.05, 3.63) is 35.9 Å². The number of carbonyl (C=O) groups excluding carboxylic acids is 2. The van der Waals surface area contributed by atoms with Crippen molar-refractivity contribution < 1.29 is 9.59 Å². The second-order valence-corrected chi connectivity index (χ2v) is 7.07. The molecule has 136 valence electrons. The maximum absolute atomic E-state index is 11.7. The van der Waals surface area contributed by atoms with E-state index in [0.717, 1.165) is 19.6 Å². The van der Waals surface area contributed by atoms with Gasteiger partial charge in [-0.3, -0.25) is 19.9 Å². The Labute approximate surface area is 149 Å². The fourth-order valence-corrected chi connectivity index (χ4v) is 4.31. The average molecular weight is 344 g/mol. The molecule has 2 heterocycles. The first-order valence-electron chi connectivity index (χ1n) is 9.25. The third-order valence-corrected chi connectivity index (χ3v) is 5.39. The third-order valence-electron chi connectivity index (χ3n) is 5.39. The van der Waals surface area contributed by atoms with Gasteiger partial charge in [-0.25, -0.2) is 4.79 Å². The highest BCUT2D eigenvalue weighted by Crippen LogP contribution is 2.31.